The molecule has 1 aromatic carbocycles. The molecular formula is C10H10F2N2S. The van der Waals surface area contributed by atoms with E-state index in [0.717, 1.165) is 12.6 Å². The van der Waals surface area contributed by atoms with Gasteiger partial charge in [-0.25, -0.2) is 8.78 Å². The first-order chi connectivity index (χ1) is 7.13. The van der Waals surface area contributed by atoms with Crippen molar-refractivity contribution in [3.05, 3.63) is 29.8 Å². The van der Waals surface area contributed by atoms with E-state index < -0.39 is 11.6 Å². The average Bonchev–Trinajstić information content (AvgIpc) is 2.49. The van der Waals surface area contributed by atoms with Gasteiger partial charge in [0, 0.05) is 17.0 Å². The van der Waals surface area contributed by atoms with Crippen molar-refractivity contribution < 1.29 is 8.78 Å². The third-order valence-electron chi connectivity index (χ3n) is 1.92. The first-order valence-electron chi connectivity index (χ1n) is 4.58. The molecular weight excluding hydrogens is 218 g/mol. The van der Waals surface area contributed by atoms with Gasteiger partial charge in [0.05, 0.1) is 6.54 Å². The molecule has 15 heavy (non-hydrogen) atoms. The number of aliphatic imine (C=N–C) groups is 1. The van der Waals surface area contributed by atoms with Gasteiger partial charge in [0.2, 0.25) is 0 Å². The molecule has 1 N–H and O–H groups in total. The van der Waals surface area contributed by atoms with Crippen LogP contribution in [0, 0.1) is 11.6 Å². The fourth-order valence-electron chi connectivity index (χ4n) is 1.30. The number of hydrogen-bond donors (Lipinski definition) is 1. The van der Waals surface area contributed by atoms with Crippen molar-refractivity contribution in [1.82, 2.24) is 0 Å². The lowest BCUT2D eigenvalue weighted by Gasteiger charge is -2.05. The highest BCUT2D eigenvalue weighted by molar-refractivity contribution is 8.15. The van der Waals surface area contributed by atoms with Crippen LogP contribution in [0.3, 0.4) is 0 Å². The molecule has 0 amide bonds. The van der Waals surface area contributed by atoms with E-state index in [-0.39, 0.29) is 0 Å². The summed E-state index contributed by atoms with van der Waals surface area (Å²) in [6.45, 7) is 2.79. The summed E-state index contributed by atoms with van der Waals surface area (Å²) in [6, 6.07) is 3.34. The molecule has 0 spiro atoms. The van der Waals surface area contributed by atoms with Crippen molar-refractivity contribution in [2.45, 2.75) is 12.2 Å². The normalized spacial score (nSPS) is 20.2. The van der Waals surface area contributed by atoms with Gasteiger partial charge >= 0.3 is 0 Å². The quantitative estimate of drug-likeness (QED) is 0.799. The summed E-state index contributed by atoms with van der Waals surface area (Å²) in [5.74, 6) is -1.18. The zero-order valence-corrected chi connectivity index (χ0v) is 8.94. The molecule has 80 valence electrons. The smallest absolute Gasteiger partial charge is 0.161 e. The average molecular weight is 228 g/mol. The van der Waals surface area contributed by atoms with Crippen LogP contribution in [0.2, 0.25) is 0 Å². The Hall–Kier alpha value is -1.10. The number of halogens is 2. The number of benzene rings is 1. The number of nitrogens with one attached hydrogen (secondary N) is 1. The highest BCUT2D eigenvalue weighted by Gasteiger charge is 2.15. The maximum atomic E-state index is 12.9. The minimum atomic E-state index is -0.589. The van der Waals surface area contributed by atoms with Crippen LogP contribution in [0.1, 0.15) is 6.92 Å². The molecule has 2 rings (SSSR count). The maximum Gasteiger partial charge on any atom is 0.161 e. The van der Waals surface area contributed by atoms with Gasteiger partial charge in [-0.1, -0.05) is 18.7 Å². The predicted molar refractivity (Wildman–Crippen MR) is 59.3 cm³/mol. The molecule has 0 saturated carbocycles. The van der Waals surface area contributed by atoms with Crippen molar-refractivity contribution in [1.29, 1.82) is 0 Å². The van der Waals surface area contributed by atoms with E-state index in [4.69, 9.17) is 0 Å². The first-order valence-corrected chi connectivity index (χ1v) is 5.45. The van der Waals surface area contributed by atoms with E-state index in [1.807, 2.05) is 0 Å². The van der Waals surface area contributed by atoms with Gasteiger partial charge in [0.1, 0.15) is 11.6 Å². The minimum absolute atomic E-state index is 0.396. The summed E-state index contributed by atoms with van der Waals surface area (Å²) in [6.07, 6.45) is 0. The summed E-state index contributed by atoms with van der Waals surface area (Å²) in [7, 11) is 0. The van der Waals surface area contributed by atoms with E-state index in [9.17, 15) is 8.78 Å². The summed E-state index contributed by atoms with van der Waals surface area (Å²) >= 11 is 1.57. The lowest BCUT2D eigenvalue weighted by atomic mass is 10.3. The molecule has 0 fully saturated rings. The fraction of sp³-hybridized carbons (Fsp3) is 0.300. The van der Waals surface area contributed by atoms with Gasteiger partial charge in [-0.05, 0) is 12.1 Å². The SMILES string of the molecule is CC1CN=C(Nc2cc(F)cc(F)c2)S1. The second-order valence-electron chi connectivity index (χ2n) is 3.36. The Labute approximate surface area is 90.8 Å². The van der Waals surface area contributed by atoms with Crippen LogP contribution in [0.4, 0.5) is 14.5 Å². The highest BCUT2D eigenvalue weighted by Crippen LogP contribution is 2.22. The highest BCUT2D eigenvalue weighted by atomic mass is 32.2. The topological polar surface area (TPSA) is 24.4 Å². The second-order valence-corrected chi connectivity index (χ2v) is 4.78. The van der Waals surface area contributed by atoms with E-state index in [0.29, 0.717) is 16.1 Å². The van der Waals surface area contributed by atoms with Gasteiger partial charge in [-0.2, -0.15) is 0 Å². The lowest BCUT2D eigenvalue weighted by molar-refractivity contribution is 0.584. The zero-order valence-electron chi connectivity index (χ0n) is 8.13. The van der Waals surface area contributed by atoms with Crippen LogP contribution in [-0.4, -0.2) is 17.0 Å². The van der Waals surface area contributed by atoms with Crippen LogP contribution in [-0.2, 0) is 0 Å². The maximum absolute atomic E-state index is 12.9. The predicted octanol–water partition coefficient (Wildman–Crippen LogP) is 2.87. The summed E-state index contributed by atoms with van der Waals surface area (Å²) in [5.41, 5.74) is 0.396. The van der Waals surface area contributed by atoms with Crippen molar-refractivity contribution in [2.24, 2.45) is 4.99 Å². The number of hydrogen-bond acceptors (Lipinski definition) is 3. The molecule has 0 bridgehead atoms. The summed E-state index contributed by atoms with van der Waals surface area (Å²) in [5, 5.41) is 4.02. The van der Waals surface area contributed by atoms with Crippen molar-refractivity contribution in [2.75, 3.05) is 11.9 Å². The Morgan fingerprint density at radius 2 is 2.00 bits per heavy atom. The van der Waals surface area contributed by atoms with Crippen molar-refractivity contribution >= 4 is 22.6 Å². The van der Waals surface area contributed by atoms with E-state index >= 15 is 0 Å². The Morgan fingerprint density at radius 3 is 2.53 bits per heavy atom. The Morgan fingerprint density at radius 1 is 1.33 bits per heavy atom. The monoisotopic (exact) mass is 228 g/mol. The minimum Gasteiger partial charge on any atom is -0.335 e. The van der Waals surface area contributed by atoms with Crippen LogP contribution in [0.5, 0.6) is 0 Å². The Bertz CT molecular complexity index is 386. The molecule has 1 unspecified atom stereocenters. The molecule has 2 nitrogen and oxygen atoms in total. The number of rotatable bonds is 1. The van der Waals surface area contributed by atoms with Crippen LogP contribution in [0.25, 0.3) is 0 Å². The molecule has 0 saturated heterocycles. The van der Waals surface area contributed by atoms with Gasteiger partial charge < -0.3 is 5.32 Å². The molecule has 0 radical (unpaired) electrons. The van der Waals surface area contributed by atoms with E-state index in [1.165, 1.54) is 12.1 Å². The molecule has 1 aliphatic heterocycles. The number of amidine groups is 1. The summed E-state index contributed by atoms with van der Waals surface area (Å²) < 4.78 is 25.7. The Kier molecular flexibility index (Phi) is 2.90. The van der Waals surface area contributed by atoms with Gasteiger partial charge in [-0.3, -0.25) is 4.99 Å². The standard InChI is InChI=1S/C10H10F2N2S/c1-6-5-13-10(15-6)14-9-3-7(11)2-8(12)4-9/h2-4,6H,5H2,1H3,(H,13,14). The fourth-order valence-corrected chi connectivity index (χ4v) is 2.15. The molecule has 1 aromatic rings. The van der Waals surface area contributed by atoms with E-state index in [1.54, 1.807) is 11.8 Å². The molecule has 0 aromatic heterocycles. The van der Waals surface area contributed by atoms with Gasteiger partial charge in [0.25, 0.3) is 0 Å². The Balaban J connectivity index is 2.11. The number of thioether (sulfide) groups is 1. The van der Waals surface area contributed by atoms with Gasteiger partial charge in [-0.15, -0.1) is 0 Å². The van der Waals surface area contributed by atoms with Crippen LogP contribution >= 0.6 is 11.8 Å². The number of nitrogens with zero attached hydrogens (tertiary/aromatic N) is 1. The van der Waals surface area contributed by atoms with Gasteiger partial charge in [0.15, 0.2) is 5.17 Å². The lowest BCUT2D eigenvalue weighted by Crippen LogP contribution is -2.06. The molecule has 0 aliphatic carbocycles. The largest absolute Gasteiger partial charge is 0.335 e. The third kappa shape index (κ3) is 2.68. The zero-order chi connectivity index (χ0) is 10.8. The van der Waals surface area contributed by atoms with Crippen LogP contribution < -0.4 is 5.32 Å². The van der Waals surface area contributed by atoms with E-state index in [2.05, 4.69) is 17.2 Å². The summed E-state index contributed by atoms with van der Waals surface area (Å²) in [4.78, 5) is 4.19. The van der Waals surface area contributed by atoms with Crippen molar-refractivity contribution in [3.8, 4) is 0 Å². The second kappa shape index (κ2) is 4.18. The van der Waals surface area contributed by atoms with Crippen molar-refractivity contribution in [3.63, 3.8) is 0 Å². The first kappa shape index (κ1) is 10.4. The van der Waals surface area contributed by atoms with Crippen LogP contribution in [0.15, 0.2) is 23.2 Å². The number of anilines is 1. The molecule has 1 aliphatic rings. The molecule has 1 heterocycles. The molecule has 5 heteroatoms. The molecule has 1 atom stereocenters. The third-order valence-corrected chi connectivity index (χ3v) is 2.92.